The Morgan fingerprint density at radius 2 is 2.17 bits per heavy atom. The van der Waals surface area contributed by atoms with Crippen molar-refractivity contribution in [2.45, 2.75) is 39.7 Å². The van der Waals surface area contributed by atoms with E-state index < -0.39 is 0 Å². The largest absolute Gasteiger partial charge is 0.356 e. The quantitative estimate of drug-likeness (QED) is 0.811. The van der Waals surface area contributed by atoms with Gasteiger partial charge in [0.1, 0.15) is 5.82 Å². The van der Waals surface area contributed by atoms with Crippen molar-refractivity contribution in [3.8, 4) is 0 Å². The van der Waals surface area contributed by atoms with Gasteiger partial charge < -0.3 is 10.2 Å². The van der Waals surface area contributed by atoms with Gasteiger partial charge in [0.25, 0.3) is 0 Å². The van der Waals surface area contributed by atoms with E-state index in [1.54, 1.807) is 0 Å². The number of pyridine rings is 1. The summed E-state index contributed by atoms with van der Waals surface area (Å²) in [6.45, 7) is 8.86. The summed E-state index contributed by atoms with van der Waals surface area (Å²) in [4.78, 5) is 7.04. The highest BCUT2D eigenvalue weighted by Gasteiger charge is 2.18. The Bertz CT molecular complexity index is 357. The first-order chi connectivity index (χ1) is 8.81. The van der Waals surface area contributed by atoms with Crippen molar-refractivity contribution in [1.82, 2.24) is 10.3 Å². The average Bonchev–Trinajstić information content (AvgIpc) is 2.41. The van der Waals surface area contributed by atoms with E-state index in [-0.39, 0.29) is 0 Å². The molecular weight excluding hydrogens is 222 g/mol. The molecule has 1 fully saturated rings. The third-order valence-corrected chi connectivity index (χ3v) is 3.69. The first-order valence-corrected chi connectivity index (χ1v) is 7.20. The van der Waals surface area contributed by atoms with Crippen molar-refractivity contribution in [3.63, 3.8) is 0 Å². The summed E-state index contributed by atoms with van der Waals surface area (Å²) in [5, 5.41) is 3.47. The molecule has 0 saturated carbocycles. The molecule has 2 rings (SSSR count). The summed E-state index contributed by atoms with van der Waals surface area (Å²) in [7, 11) is 0. The van der Waals surface area contributed by atoms with Crippen molar-refractivity contribution in [2.75, 3.05) is 24.5 Å². The van der Waals surface area contributed by atoms with Crippen LogP contribution in [0.5, 0.6) is 0 Å². The lowest BCUT2D eigenvalue weighted by atomic mass is 9.99. The lowest BCUT2D eigenvalue weighted by Gasteiger charge is -2.32. The Morgan fingerprint density at radius 1 is 1.39 bits per heavy atom. The van der Waals surface area contributed by atoms with Gasteiger partial charge in [0.15, 0.2) is 0 Å². The van der Waals surface area contributed by atoms with Gasteiger partial charge in [-0.1, -0.05) is 19.9 Å². The van der Waals surface area contributed by atoms with Gasteiger partial charge >= 0.3 is 0 Å². The van der Waals surface area contributed by atoms with E-state index in [2.05, 4.69) is 35.1 Å². The Morgan fingerprint density at radius 3 is 2.89 bits per heavy atom. The Labute approximate surface area is 111 Å². The van der Waals surface area contributed by atoms with Crippen LogP contribution in [-0.4, -0.2) is 24.6 Å². The molecule has 0 radical (unpaired) electrons. The van der Waals surface area contributed by atoms with E-state index >= 15 is 0 Å². The minimum Gasteiger partial charge on any atom is -0.356 e. The number of hydrogen-bond acceptors (Lipinski definition) is 3. The highest BCUT2D eigenvalue weighted by molar-refractivity contribution is 5.47. The molecule has 1 N–H and O–H groups in total. The van der Waals surface area contributed by atoms with Crippen LogP contribution in [0.4, 0.5) is 5.82 Å². The average molecular weight is 247 g/mol. The summed E-state index contributed by atoms with van der Waals surface area (Å²) in [5.41, 5.74) is 1.33. The normalized spacial score (nSPS) is 17.1. The minimum atomic E-state index is 0.867. The summed E-state index contributed by atoms with van der Waals surface area (Å²) in [6.07, 6.45) is 5.67. The van der Waals surface area contributed by atoms with Crippen LogP contribution in [0.15, 0.2) is 18.3 Å². The van der Waals surface area contributed by atoms with Gasteiger partial charge in [-0.15, -0.1) is 0 Å². The molecule has 0 spiro atoms. The van der Waals surface area contributed by atoms with Crippen molar-refractivity contribution < 1.29 is 0 Å². The number of nitrogens with one attached hydrogen (secondary N) is 1. The van der Waals surface area contributed by atoms with Crippen LogP contribution in [0.2, 0.25) is 0 Å². The molecule has 0 amide bonds. The summed E-state index contributed by atoms with van der Waals surface area (Å²) < 4.78 is 0. The van der Waals surface area contributed by atoms with Crippen LogP contribution in [0, 0.1) is 5.92 Å². The highest BCUT2D eigenvalue weighted by atomic mass is 15.2. The van der Waals surface area contributed by atoms with Crippen LogP contribution < -0.4 is 10.2 Å². The first-order valence-electron chi connectivity index (χ1n) is 7.20. The molecular formula is C15H25N3. The Hall–Kier alpha value is -1.09. The third-order valence-electron chi connectivity index (χ3n) is 3.69. The summed E-state index contributed by atoms with van der Waals surface area (Å²) in [5.74, 6) is 2.06. The van der Waals surface area contributed by atoms with Gasteiger partial charge in [0, 0.05) is 31.4 Å². The maximum atomic E-state index is 4.59. The van der Waals surface area contributed by atoms with E-state index in [9.17, 15) is 0 Å². The third kappa shape index (κ3) is 3.45. The molecule has 1 aliphatic heterocycles. The fourth-order valence-corrected chi connectivity index (χ4v) is 2.47. The van der Waals surface area contributed by atoms with Gasteiger partial charge in [-0.2, -0.15) is 0 Å². The maximum Gasteiger partial charge on any atom is 0.133 e. The fraction of sp³-hybridized carbons (Fsp3) is 0.667. The second-order valence-electron chi connectivity index (χ2n) is 5.33. The van der Waals surface area contributed by atoms with Crippen LogP contribution >= 0.6 is 0 Å². The van der Waals surface area contributed by atoms with Crippen molar-refractivity contribution in [3.05, 3.63) is 23.9 Å². The molecule has 3 heteroatoms. The van der Waals surface area contributed by atoms with E-state index in [1.165, 1.54) is 30.6 Å². The topological polar surface area (TPSA) is 28.2 Å². The Kier molecular flexibility index (Phi) is 5.00. The van der Waals surface area contributed by atoms with Gasteiger partial charge in [-0.25, -0.2) is 4.98 Å². The van der Waals surface area contributed by atoms with Crippen LogP contribution in [0.25, 0.3) is 0 Å². The summed E-state index contributed by atoms with van der Waals surface area (Å²) >= 11 is 0. The summed E-state index contributed by atoms with van der Waals surface area (Å²) in [6, 6.07) is 4.24. The second kappa shape index (κ2) is 6.74. The molecule has 1 saturated heterocycles. The predicted octanol–water partition coefficient (Wildman–Crippen LogP) is 2.82. The molecule has 3 nitrogen and oxygen atoms in total. The molecule has 2 heterocycles. The number of rotatable bonds is 5. The second-order valence-corrected chi connectivity index (χ2v) is 5.33. The molecule has 0 unspecified atom stereocenters. The fourth-order valence-electron chi connectivity index (χ4n) is 2.47. The molecule has 18 heavy (non-hydrogen) atoms. The first kappa shape index (κ1) is 13.3. The zero-order valence-corrected chi connectivity index (χ0v) is 11.7. The van der Waals surface area contributed by atoms with E-state index in [0.717, 1.165) is 32.1 Å². The van der Waals surface area contributed by atoms with Crippen LogP contribution in [-0.2, 0) is 6.54 Å². The molecule has 1 aromatic heterocycles. The molecule has 1 aliphatic rings. The monoisotopic (exact) mass is 247 g/mol. The number of anilines is 1. The highest BCUT2D eigenvalue weighted by Crippen LogP contribution is 2.23. The van der Waals surface area contributed by atoms with E-state index in [1.807, 2.05) is 12.3 Å². The van der Waals surface area contributed by atoms with Crippen LogP contribution in [0.1, 0.15) is 38.7 Å². The zero-order chi connectivity index (χ0) is 12.8. The lowest BCUT2D eigenvalue weighted by Crippen LogP contribution is -2.34. The number of piperidine rings is 1. The minimum absolute atomic E-state index is 0.867. The smallest absolute Gasteiger partial charge is 0.133 e. The number of nitrogens with zero attached hydrogens (tertiary/aromatic N) is 2. The van der Waals surface area contributed by atoms with Gasteiger partial charge in [-0.05, 0) is 37.8 Å². The molecule has 100 valence electrons. The van der Waals surface area contributed by atoms with Crippen molar-refractivity contribution in [2.24, 2.45) is 5.92 Å². The van der Waals surface area contributed by atoms with Gasteiger partial charge in [0.2, 0.25) is 0 Å². The molecule has 1 aromatic rings. The standard InChI is InChI=1S/C15H25N3/c1-3-8-16-12-14-5-4-9-17-15(14)18-10-6-13(2)7-11-18/h4-5,9,13,16H,3,6-8,10-12H2,1-2H3. The Balaban J connectivity index is 2.02. The number of hydrogen-bond donors (Lipinski definition) is 1. The zero-order valence-electron chi connectivity index (χ0n) is 11.7. The maximum absolute atomic E-state index is 4.59. The lowest BCUT2D eigenvalue weighted by molar-refractivity contribution is 0.435. The van der Waals surface area contributed by atoms with Crippen LogP contribution in [0.3, 0.4) is 0 Å². The molecule has 0 atom stereocenters. The van der Waals surface area contributed by atoms with Gasteiger partial charge in [0.05, 0.1) is 0 Å². The SMILES string of the molecule is CCCNCc1cccnc1N1CCC(C)CC1. The molecule has 0 bridgehead atoms. The van der Waals surface area contributed by atoms with Crippen molar-refractivity contribution in [1.29, 1.82) is 0 Å². The molecule has 0 aliphatic carbocycles. The van der Waals surface area contributed by atoms with Crippen molar-refractivity contribution >= 4 is 5.82 Å². The predicted molar refractivity (Wildman–Crippen MR) is 76.8 cm³/mol. The number of aromatic nitrogens is 1. The molecule has 0 aromatic carbocycles. The van der Waals surface area contributed by atoms with E-state index in [0.29, 0.717) is 0 Å². The van der Waals surface area contributed by atoms with Gasteiger partial charge in [-0.3, -0.25) is 0 Å². The van der Waals surface area contributed by atoms with E-state index in [4.69, 9.17) is 0 Å².